The van der Waals surface area contributed by atoms with E-state index >= 15 is 0 Å². The molecule has 0 aliphatic rings. The van der Waals surface area contributed by atoms with Gasteiger partial charge in [0.2, 0.25) is 5.91 Å². The molecule has 1 heterocycles. The predicted octanol–water partition coefficient (Wildman–Crippen LogP) is 3.37. The van der Waals surface area contributed by atoms with Gasteiger partial charge < -0.3 is 14.6 Å². The molecule has 0 bridgehead atoms. The maximum Gasteiger partial charge on any atom is 0.224 e. The first-order valence-corrected chi connectivity index (χ1v) is 7.10. The average molecular weight is 311 g/mol. The summed E-state index contributed by atoms with van der Waals surface area (Å²) in [5, 5.41) is 4.08. The summed E-state index contributed by atoms with van der Waals surface area (Å²) < 4.78 is 5.86. The Hall–Kier alpha value is -1.52. The van der Waals surface area contributed by atoms with Crippen molar-refractivity contribution in [2.45, 2.75) is 26.3 Å². The Bertz CT molecular complexity index is 549. The van der Waals surface area contributed by atoms with Crippen LogP contribution in [0.1, 0.15) is 32.1 Å². The number of para-hydroxylation sites is 1. The number of fused-ring (bicyclic) bond motifs is 1. The summed E-state index contributed by atoms with van der Waals surface area (Å²) in [6, 6.07) is 9.89. The maximum absolute atomic E-state index is 12.2. The van der Waals surface area contributed by atoms with Gasteiger partial charge in [0.15, 0.2) is 0 Å². The minimum absolute atomic E-state index is 0. The molecule has 0 aliphatic carbocycles. The normalized spacial score (nSPS) is 12.0. The Morgan fingerprint density at radius 3 is 2.71 bits per heavy atom. The average Bonchev–Trinajstić information content (AvgIpc) is 2.89. The third kappa shape index (κ3) is 3.99. The number of furan rings is 1. The summed E-state index contributed by atoms with van der Waals surface area (Å²) in [5.74, 6) is 0.987. The third-order valence-electron chi connectivity index (χ3n) is 3.57. The number of hydrogen-bond acceptors (Lipinski definition) is 3. The van der Waals surface area contributed by atoms with Crippen LogP contribution in [-0.2, 0) is 4.79 Å². The lowest BCUT2D eigenvalue weighted by Gasteiger charge is -2.26. The van der Waals surface area contributed by atoms with E-state index in [2.05, 4.69) is 5.32 Å². The van der Waals surface area contributed by atoms with Crippen LogP contribution in [0.5, 0.6) is 0 Å². The number of rotatable bonds is 6. The summed E-state index contributed by atoms with van der Waals surface area (Å²) in [6.45, 7) is 5.39. The largest absolute Gasteiger partial charge is 0.459 e. The second-order valence-electron chi connectivity index (χ2n) is 4.90. The van der Waals surface area contributed by atoms with Gasteiger partial charge >= 0.3 is 0 Å². The number of amides is 1. The van der Waals surface area contributed by atoms with Crippen LogP contribution >= 0.6 is 12.4 Å². The number of halogens is 1. The predicted molar refractivity (Wildman–Crippen MR) is 87.8 cm³/mol. The zero-order chi connectivity index (χ0) is 14.5. The highest BCUT2D eigenvalue weighted by Gasteiger charge is 2.22. The molecule has 1 aromatic carbocycles. The molecule has 0 spiro atoms. The highest BCUT2D eigenvalue weighted by atomic mass is 35.5. The van der Waals surface area contributed by atoms with E-state index in [-0.39, 0.29) is 24.4 Å². The molecule has 1 unspecified atom stereocenters. The van der Waals surface area contributed by atoms with Gasteiger partial charge in [0.1, 0.15) is 11.3 Å². The van der Waals surface area contributed by atoms with Gasteiger partial charge in [0.25, 0.3) is 0 Å². The first kappa shape index (κ1) is 17.5. The fourth-order valence-corrected chi connectivity index (χ4v) is 2.40. The fourth-order valence-electron chi connectivity index (χ4n) is 2.40. The van der Waals surface area contributed by atoms with Crippen LogP contribution in [0, 0.1) is 0 Å². The second-order valence-corrected chi connectivity index (χ2v) is 4.90. The van der Waals surface area contributed by atoms with Crippen LogP contribution in [0.25, 0.3) is 11.0 Å². The van der Waals surface area contributed by atoms with Gasteiger partial charge in [-0.3, -0.25) is 4.79 Å². The summed E-state index contributed by atoms with van der Waals surface area (Å²) in [5.41, 5.74) is 0.869. The molecule has 0 aliphatic heterocycles. The van der Waals surface area contributed by atoms with E-state index in [0.717, 1.165) is 16.7 Å². The molecular formula is C16H23ClN2O2. The first-order chi connectivity index (χ1) is 9.67. The van der Waals surface area contributed by atoms with E-state index in [4.69, 9.17) is 4.42 Å². The summed E-state index contributed by atoms with van der Waals surface area (Å²) in [4.78, 5) is 14.1. The fraction of sp³-hybridized carbons (Fsp3) is 0.438. The molecule has 1 amide bonds. The summed E-state index contributed by atoms with van der Waals surface area (Å²) in [7, 11) is 1.85. The van der Waals surface area contributed by atoms with E-state index in [9.17, 15) is 4.79 Å². The van der Waals surface area contributed by atoms with Crippen molar-refractivity contribution in [3.05, 3.63) is 36.1 Å². The molecule has 0 fully saturated rings. The lowest BCUT2D eigenvalue weighted by atomic mass is 10.2. The molecule has 0 saturated carbocycles. The van der Waals surface area contributed by atoms with E-state index in [1.54, 1.807) is 0 Å². The summed E-state index contributed by atoms with van der Waals surface area (Å²) in [6.07, 6.45) is 0.509. The SMILES string of the molecule is CCN(C(=O)CCNC)C(C)c1cc2ccccc2o1.Cl. The quantitative estimate of drug-likeness (QED) is 0.889. The van der Waals surface area contributed by atoms with Crippen LogP contribution in [0.4, 0.5) is 0 Å². The van der Waals surface area contributed by atoms with E-state index in [1.807, 2.05) is 56.1 Å². The molecule has 1 atom stereocenters. The van der Waals surface area contributed by atoms with Crippen molar-refractivity contribution in [2.24, 2.45) is 0 Å². The van der Waals surface area contributed by atoms with Crippen molar-refractivity contribution in [3.8, 4) is 0 Å². The number of carbonyl (C=O) groups is 1. The van der Waals surface area contributed by atoms with Crippen molar-refractivity contribution in [3.63, 3.8) is 0 Å². The molecule has 0 saturated heterocycles. The molecule has 21 heavy (non-hydrogen) atoms. The second kappa shape index (κ2) is 8.05. The van der Waals surface area contributed by atoms with Crippen LogP contribution in [-0.4, -0.2) is 30.9 Å². The van der Waals surface area contributed by atoms with Crippen LogP contribution in [0.15, 0.2) is 34.7 Å². The highest BCUT2D eigenvalue weighted by Crippen LogP contribution is 2.27. The standard InChI is InChI=1S/C16H22N2O2.ClH/c1-4-18(16(19)9-10-17-3)12(2)15-11-13-7-5-6-8-14(13)20-15;/h5-8,11-12,17H,4,9-10H2,1-3H3;1H. The summed E-state index contributed by atoms with van der Waals surface area (Å²) >= 11 is 0. The third-order valence-corrected chi connectivity index (χ3v) is 3.57. The molecule has 2 rings (SSSR count). The van der Waals surface area contributed by atoms with Gasteiger partial charge in [0, 0.05) is 24.9 Å². The molecular weight excluding hydrogens is 288 g/mol. The Morgan fingerprint density at radius 2 is 2.10 bits per heavy atom. The van der Waals surface area contributed by atoms with Gasteiger partial charge in [0.05, 0.1) is 6.04 Å². The Balaban J connectivity index is 0.00000220. The lowest BCUT2D eigenvalue weighted by molar-refractivity contribution is -0.133. The molecule has 2 aromatic rings. The van der Waals surface area contributed by atoms with Crippen molar-refractivity contribution in [1.82, 2.24) is 10.2 Å². The van der Waals surface area contributed by atoms with Crippen LogP contribution < -0.4 is 5.32 Å². The van der Waals surface area contributed by atoms with Gasteiger partial charge in [-0.05, 0) is 33.0 Å². The maximum atomic E-state index is 12.2. The van der Waals surface area contributed by atoms with Crippen molar-refractivity contribution in [1.29, 1.82) is 0 Å². The lowest BCUT2D eigenvalue weighted by Crippen LogP contribution is -2.34. The number of benzene rings is 1. The monoisotopic (exact) mass is 310 g/mol. The minimum atomic E-state index is -0.0447. The highest BCUT2D eigenvalue weighted by molar-refractivity contribution is 5.85. The molecule has 116 valence electrons. The van der Waals surface area contributed by atoms with Crippen LogP contribution in [0.3, 0.4) is 0 Å². The molecule has 1 aromatic heterocycles. The first-order valence-electron chi connectivity index (χ1n) is 7.10. The van der Waals surface area contributed by atoms with Crippen molar-refractivity contribution < 1.29 is 9.21 Å². The van der Waals surface area contributed by atoms with Gasteiger partial charge in [-0.2, -0.15) is 0 Å². The number of hydrogen-bond donors (Lipinski definition) is 1. The number of carbonyl (C=O) groups excluding carboxylic acids is 1. The molecule has 5 heteroatoms. The van der Waals surface area contributed by atoms with Gasteiger partial charge in [-0.15, -0.1) is 12.4 Å². The van der Waals surface area contributed by atoms with E-state index < -0.39 is 0 Å². The Labute approximate surface area is 131 Å². The van der Waals surface area contributed by atoms with E-state index in [1.165, 1.54) is 0 Å². The van der Waals surface area contributed by atoms with Crippen molar-refractivity contribution in [2.75, 3.05) is 20.1 Å². The number of nitrogens with zero attached hydrogens (tertiary/aromatic N) is 1. The zero-order valence-electron chi connectivity index (χ0n) is 12.8. The Morgan fingerprint density at radius 1 is 1.38 bits per heavy atom. The number of nitrogens with one attached hydrogen (secondary N) is 1. The topological polar surface area (TPSA) is 45.5 Å². The van der Waals surface area contributed by atoms with E-state index in [0.29, 0.717) is 19.5 Å². The van der Waals surface area contributed by atoms with Crippen molar-refractivity contribution >= 4 is 29.3 Å². The smallest absolute Gasteiger partial charge is 0.224 e. The molecule has 1 N–H and O–H groups in total. The Kier molecular flexibility index (Phi) is 6.72. The van der Waals surface area contributed by atoms with Gasteiger partial charge in [-0.25, -0.2) is 0 Å². The van der Waals surface area contributed by atoms with Gasteiger partial charge in [-0.1, -0.05) is 18.2 Å². The molecule has 0 radical (unpaired) electrons. The zero-order valence-corrected chi connectivity index (χ0v) is 13.6. The van der Waals surface area contributed by atoms with Crippen LogP contribution in [0.2, 0.25) is 0 Å². The molecule has 4 nitrogen and oxygen atoms in total. The minimum Gasteiger partial charge on any atom is -0.459 e.